The second-order valence-electron chi connectivity index (χ2n) is 27.2. The van der Waals surface area contributed by atoms with Gasteiger partial charge < -0.3 is 9.55 Å². The molecule has 0 saturated heterocycles. The van der Waals surface area contributed by atoms with Crippen molar-refractivity contribution in [2.45, 2.75) is 0 Å². The largest absolute Gasteiger partial charge is 0.360 e. The fraction of sp³-hybridized carbons (Fsp3) is 0. The molecule has 492 valence electrons. The lowest BCUT2D eigenvalue weighted by Crippen LogP contribution is -1.93. The summed E-state index contributed by atoms with van der Waals surface area (Å²) in [6.07, 6.45) is 4.28. The van der Waals surface area contributed by atoms with E-state index < -0.39 is 0 Å². The first-order valence-corrected chi connectivity index (χ1v) is 38.1. The van der Waals surface area contributed by atoms with E-state index in [2.05, 4.69) is 396 Å². The van der Waals surface area contributed by atoms with Crippen molar-refractivity contribution in [1.82, 2.24) is 9.55 Å². The smallest absolute Gasteiger partial charge is 0.0707 e. The van der Waals surface area contributed by atoms with Crippen LogP contribution >= 0.6 is 38.6 Å². The fourth-order valence-corrected chi connectivity index (χ4v) is 19.3. The molecule has 1 N–H and O–H groups in total. The molecule has 18 aromatic carbocycles. The monoisotopic (exact) mass is 1430 g/mol. The third-order valence-corrected chi connectivity index (χ3v) is 24.2. The van der Waals surface area contributed by atoms with E-state index >= 15 is 0 Å². The Balaban J connectivity index is 0.000000117. The maximum absolute atomic E-state index is 3.58. The second kappa shape index (κ2) is 26.1. The Morgan fingerprint density at radius 3 is 1.03 bits per heavy atom. The molecule has 0 amide bonds. The zero-order valence-electron chi connectivity index (χ0n) is 56.9. The van der Waals surface area contributed by atoms with E-state index in [1.165, 1.54) is 199 Å². The number of hydrogen-bond donors (Lipinski definition) is 1. The summed E-state index contributed by atoms with van der Waals surface area (Å²) in [5.41, 5.74) is 18.5. The van der Waals surface area contributed by atoms with Crippen LogP contribution in [0, 0.1) is 0 Å². The van der Waals surface area contributed by atoms with Gasteiger partial charge in [-0.2, -0.15) is 0 Å². The Morgan fingerprint density at radius 2 is 0.571 bits per heavy atom. The van der Waals surface area contributed by atoms with Gasteiger partial charge in [0.25, 0.3) is 0 Å². The average molecular weight is 1440 g/mol. The van der Waals surface area contributed by atoms with Gasteiger partial charge in [-0.25, -0.2) is 0 Å². The van der Waals surface area contributed by atoms with Crippen LogP contribution < -0.4 is 0 Å². The summed E-state index contributed by atoms with van der Waals surface area (Å²) in [5, 5.41) is 23.4. The number of H-pyrrole nitrogens is 1. The zero-order valence-corrected chi connectivity index (χ0v) is 60.2. The van der Waals surface area contributed by atoms with Crippen LogP contribution in [0.3, 0.4) is 0 Å². The molecule has 0 aliphatic heterocycles. The van der Waals surface area contributed by atoms with Crippen LogP contribution in [0.5, 0.6) is 0 Å². The third kappa shape index (κ3) is 11.0. The van der Waals surface area contributed by atoms with E-state index in [4.69, 9.17) is 0 Å². The molecule has 105 heavy (non-hydrogen) atoms. The number of aromatic amines is 1. The molecule has 5 heteroatoms. The number of fused-ring (bicyclic) bond motifs is 22. The van der Waals surface area contributed by atoms with Gasteiger partial charge in [0, 0.05) is 64.3 Å². The van der Waals surface area contributed by atoms with Gasteiger partial charge in [-0.05, 0) is 204 Å². The molecule has 0 unspecified atom stereocenters. The molecule has 0 aliphatic rings. The predicted molar refractivity (Wildman–Crippen MR) is 459 cm³/mol. The van der Waals surface area contributed by atoms with Crippen molar-refractivity contribution in [1.29, 1.82) is 0 Å². The van der Waals surface area contributed by atoms with E-state index in [-0.39, 0.29) is 0 Å². The van der Waals surface area contributed by atoms with Gasteiger partial charge in [-0.3, -0.25) is 0 Å². The lowest BCUT2D eigenvalue weighted by molar-refractivity contribution is 1.14. The lowest BCUT2D eigenvalue weighted by Gasteiger charge is -2.13. The molecule has 0 fully saturated rings. The Morgan fingerprint density at radius 1 is 0.229 bits per heavy atom. The van der Waals surface area contributed by atoms with Crippen molar-refractivity contribution in [2.24, 2.45) is 0 Å². The first kappa shape index (κ1) is 62.3. The van der Waals surface area contributed by atoms with Crippen molar-refractivity contribution in [3.05, 3.63) is 381 Å². The average Bonchev–Trinajstić information content (AvgIpc) is 1.70. The summed E-state index contributed by atoms with van der Waals surface area (Å²) in [5.74, 6) is 0. The van der Waals surface area contributed by atoms with Crippen LogP contribution in [0.4, 0.5) is 0 Å². The van der Waals surface area contributed by atoms with E-state index in [0.29, 0.717) is 0 Å². The van der Waals surface area contributed by atoms with Gasteiger partial charge in [0.1, 0.15) is 0 Å². The van der Waals surface area contributed by atoms with Gasteiger partial charge in [0.2, 0.25) is 0 Å². The maximum atomic E-state index is 3.58. The quantitative estimate of drug-likeness (QED) is 0.154. The number of aromatic nitrogens is 2. The summed E-state index contributed by atoms with van der Waals surface area (Å²) in [7, 11) is 0. The first-order valence-electron chi connectivity index (χ1n) is 35.7. The molecule has 0 atom stereocenters. The van der Waals surface area contributed by atoms with Crippen LogP contribution in [0.2, 0.25) is 0 Å². The van der Waals surface area contributed by atoms with Crippen molar-refractivity contribution < 1.29 is 0 Å². The fourth-order valence-electron chi connectivity index (χ4n) is 16.2. The standard InChI is InChI=1S/C50H31NS.C32H21NS.C18H11Br/c1-3-12-32(13-4-1)35-28-36(33-14-5-2-6-15-33)30-37(29-35)39-20-11-21-45-46-24-22-34-26-27-51(48(34)50(46)52-49(39)45)38-23-25-44-42-18-8-7-16-40(42)41-17-9-10-19-43(41)47(44)31-38;1-3-8-21(9-4-1)24-18-25(22-10-5-2-6-11-22)20-26(19-24)27-12-7-13-28-29-15-14-23-16-17-33-30(23)32(29)34-31(27)28;19-12-9-10-17-15-7-2-1-5-13(15)14-6-3-4-8-16(14)18(17)11-12/h1-31H;1-20,33H;1-11H. The molecular weight excluding hydrogens is 1370 g/mol. The number of halogens is 1. The second-order valence-corrected chi connectivity index (χ2v) is 30.1. The van der Waals surface area contributed by atoms with Crippen molar-refractivity contribution in [2.75, 3.05) is 0 Å². The molecule has 22 rings (SSSR count). The molecule has 4 aromatic heterocycles. The molecule has 2 nitrogen and oxygen atoms in total. The summed E-state index contributed by atoms with van der Waals surface area (Å²) >= 11 is 7.39. The Bertz CT molecular complexity index is 6960. The highest BCUT2D eigenvalue weighted by Gasteiger charge is 2.20. The topological polar surface area (TPSA) is 20.7 Å². The lowest BCUT2D eigenvalue weighted by atomic mass is 9.93. The van der Waals surface area contributed by atoms with Crippen LogP contribution in [0.15, 0.2) is 381 Å². The van der Waals surface area contributed by atoms with Gasteiger partial charge in [0.15, 0.2) is 0 Å². The van der Waals surface area contributed by atoms with E-state index in [1.54, 1.807) is 0 Å². The van der Waals surface area contributed by atoms with Crippen LogP contribution in [0.1, 0.15) is 0 Å². The molecule has 4 heterocycles. The Hall–Kier alpha value is -12.5. The van der Waals surface area contributed by atoms with E-state index in [0.717, 1.165) is 4.47 Å². The molecule has 0 radical (unpaired) electrons. The predicted octanol–water partition coefficient (Wildman–Crippen LogP) is 29.9. The zero-order chi connectivity index (χ0) is 69.5. The summed E-state index contributed by atoms with van der Waals surface area (Å²) in [4.78, 5) is 3.45. The highest BCUT2D eigenvalue weighted by atomic mass is 79.9. The number of hydrogen-bond acceptors (Lipinski definition) is 2. The number of rotatable bonds is 7. The number of thiophene rings is 2. The molecule has 0 saturated carbocycles. The maximum Gasteiger partial charge on any atom is 0.0707 e. The number of nitrogens with one attached hydrogen (secondary N) is 1. The van der Waals surface area contributed by atoms with Gasteiger partial charge in [-0.15, -0.1) is 22.7 Å². The highest BCUT2D eigenvalue weighted by Crippen LogP contribution is 2.48. The van der Waals surface area contributed by atoms with Gasteiger partial charge in [0.05, 0.1) is 20.4 Å². The summed E-state index contributed by atoms with van der Waals surface area (Å²) in [6.45, 7) is 0. The van der Waals surface area contributed by atoms with E-state index in [1.807, 2.05) is 28.9 Å². The summed E-state index contributed by atoms with van der Waals surface area (Å²) < 4.78 is 8.82. The van der Waals surface area contributed by atoms with E-state index in [9.17, 15) is 0 Å². The number of benzene rings is 18. The van der Waals surface area contributed by atoms with Crippen molar-refractivity contribution in [3.8, 4) is 72.4 Å². The minimum Gasteiger partial charge on any atom is -0.360 e. The Kier molecular flexibility index (Phi) is 15.5. The van der Waals surface area contributed by atoms with Gasteiger partial charge >= 0.3 is 0 Å². The first-order chi connectivity index (χ1) is 52.0. The van der Waals surface area contributed by atoms with Crippen molar-refractivity contribution in [3.63, 3.8) is 0 Å². The van der Waals surface area contributed by atoms with Gasteiger partial charge in [-0.1, -0.05) is 307 Å². The minimum atomic E-state index is 1.13. The molecule has 0 spiro atoms. The third-order valence-electron chi connectivity index (χ3n) is 21.1. The molecular formula is C100H63BrN2S2. The highest BCUT2D eigenvalue weighted by molar-refractivity contribution is 9.10. The van der Waals surface area contributed by atoms with Crippen LogP contribution in [-0.2, 0) is 0 Å². The number of nitrogens with zero attached hydrogens (tertiary/aromatic N) is 1. The molecule has 0 bridgehead atoms. The minimum absolute atomic E-state index is 1.13. The van der Waals surface area contributed by atoms with Crippen LogP contribution in [0.25, 0.3) is 199 Å². The Labute approximate surface area is 623 Å². The van der Waals surface area contributed by atoms with Crippen molar-refractivity contribution >= 4 is 165 Å². The molecule has 22 aromatic rings. The molecule has 0 aliphatic carbocycles. The summed E-state index contributed by atoms with van der Waals surface area (Å²) in [6, 6.07) is 132. The SMILES string of the molecule is Brc1ccc2c3ccccc3c3ccccc3c2c1.c1ccc(-c2cc(-c3ccccc3)cc(-c3cccc4c3sc3c4ccc4cc[nH]c43)c2)cc1.c1ccc(-c2cc(-c3ccccc3)cc(-c3cccc4c3sc3c4ccc4ccn(-c5ccc6c7ccccc7c7ccccc7c6c5)c43)c2)cc1. The van der Waals surface area contributed by atoms with Crippen LogP contribution in [-0.4, -0.2) is 9.55 Å². The normalized spacial score (nSPS) is 11.7.